The Morgan fingerprint density at radius 2 is 1.77 bits per heavy atom. The zero-order chi connectivity index (χ0) is 31.1. The van der Waals surface area contributed by atoms with Crippen molar-refractivity contribution >= 4 is 29.2 Å². The van der Waals surface area contributed by atoms with Crippen LogP contribution in [-0.2, 0) is 41.1 Å². The maximum Gasteiger partial charge on any atom is 0.410 e. The van der Waals surface area contributed by atoms with Crippen molar-refractivity contribution in [1.82, 2.24) is 19.8 Å². The fourth-order valence-corrected chi connectivity index (χ4v) is 7.24. The van der Waals surface area contributed by atoms with Crippen LogP contribution in [0.3, 0.4) is 0 Å². The largest absolute Gasteiger partial charge is 0.444 e. The number of anilines is 1. The van der Waals surface area contributed by atoms with Gasteiger partial charge in [0, 0.05) is 33.6 Å². The van der Waals surface area contributed by atoms with Gasteiger partial charge in [0.15, 0.2) is 5.82 Å². The zero-order valence-electron chi connectivity index (χ0n) is 26.3. The summed E-state index contributed by atoms with van der Waals surface area (Å²) in [5.74, 6) is 0.125. The van der Waals surface area contributed by atoms with Crippen molar-refractivity contribution < 1.29 is 14.3 Å². The SMILES string of the molecule is CC.Cc1cc(C)cc(CNc2ncc3n(c2=O)C(C(=O)NCc2cc4c(s2)CN(C(=O)OC(C)(C)C)C4)CC32CC2)c1. The lowest BCUT2D eigenvalue weighted by molar-refractivity contribution is -0.124. The topological polar surface area (TPSA) is 106 Å². The molecular formula is C33H43N5O4S. The first kappa shape index (κ1) is 30.8. The minimum absolute atomic E-state index is 0.115. The standard InChI is InChI=1S/C31H37N5O4S.C2H6/c1-18-8-19(2)10-20(9-18)13-32-26-28(38)36-23(12-31(6-7-31)25(36)15-33-26)27(37)34-14-22-11-21-16-35(17-24(21)41-22)29(39)40-30(3,4)5;1-2/h8-11,15,23H,6-7,12-14,16-17H2,1-5H3,(H,32,33)(H,34,37);1-2H3. The van der Waals surface area contributed by atoms with Gasteiger partial charge in [-0.3, -0.25) is 19.1 Å². The highest BCUT2D eigenvalue weighted by atomic mass is 32.1. The van der Waals surface area contributed by atoms with Crippen LogP contribution < -0.4 is 16.2 Å². The number of rotatable bonds is 6. The van der Waals surface area contributed by atoms with Crippen LogP contribution in [0.25, 0.3) is 0 Å². The van der Waals surface area contributed by atoms with Crippen LogP contribution in [0.15, 0.2) is 35.3 Å². The molecule has 2 aromatic heterocycles. The summed E-state index contributed by atoms with van der Waals surface area (Å²) in [6.07, 6.45) is 4.04. The average molecular weight is 606 g/mol. The van der Waals surface area contributed by atoms with Crippen LogP contribution in [0.5, 0.6) is 0 Å². The first-order valence-corrected chi connectivity index (χ1v) is 16.0. The van der Waals surface area contributed by atoms with Crippen LogP contribution in [0.4, 0.5) is 10.6 Å². The van der Waals surface area contributed by atoms with Crippen molar-refractivity contribution in [3.63, 3.8) is 0 Å². The Morgan fingerprint density at radius 3 is 2.40 bits per heavy atom. The number of ether oxygens (including phenoxy) is 1. The lowest BCUT2D eigenvalue weighted by atomic mass is 9.99. The van der Waals surface area contributed by atoms with Crippen LogP contribution in [-0.4, -0.2) is 32.1 Å². The molecule has 1 saturated carbocycles. The maximum atomic E-state index is 13.6. The summed E-state index contributed by atoms with van der Waals surface area (Å²) in [5.41, 5.74) is 4.50. The van der Waals surface area contributed by atoms with Crippen molar-refractivity contribution in [2.24, 2.45) is 0 Å². The molecule has 9 nitrogen and oxygen atoms in total. The average Bonchev–Trinajstić information content (AvgIpc) is 3.27. The molecule has 1 aromatic carbocycles. The molecule has 0 saturated heterocycles. The predicted octanol–water partition coefficient (Wildman–Crippen LogP) is 6.10. The Bertz CT molecular complexity index is 1550. The van der Waals surface area contributed by atoms with E-state index in [0.717, 1.165) is 39.4 Å². The summed E-state index contributed by atoms with van der Waals surface area (Å²) in [7, 11) is 0. The molecule has 2 aliphatic heterocycles. The molecule has 43 heavy (non-hydrogen) atoms. The molecule has 3 aliphatic rings. The maximum absolute atomic E-state index is 13.6. The number of hydrogen-bond donors (Lipinski definition) is 2. The van der Waals surface area contributed by atoms with Crippen molar-refractivity contribution in [1.29, 1.82) is 0 Å². The summed E-state index contributed by atoms with van der Waals surface area (Å²) < 4.78 is 7.17. The Kier molecular flexibility index (Phi) is 8.44. The van der Waals surface area contributed by atoms with Gasteiger partial charge in [0.05, 0.1) is 19.6 Å². The molecule has 10 heteroatoms. The number of carbonyl (C=O) groups excluding carboxylic acids is 2. The van der Waals surface area contributed by atoms with Crippen molar-refractivity contribution in [2.75, 3.05) is 5.32 Å². The Labute approximate surface area is 257 Å². The molecule has 2 amide bonds. The number of amides is 2. The normalized spacial score (nSPS) is 17.6. The molecule has 3 aromatic rings. The Hall–Kier alpha value is -3.66. The third-order valence-corrected chi connectivity index (χ3v) is 9.23. The first-order chi connectivity index (χ1) is 20.4. The van der Waals surface area contributed by atoms with Gasteiger partial charge in [-0.05, 0) is 71.1 Å². The van der Waals surface area contributed by atoms with E-state index in [2.05, 4.69) is 53.7 Å². The number of aryl methyl sites for hydroxylation is 2. The van der Waals surface area contributed by atoms with Gasteiger partial charge < -0.3 is 15.4 Å². The zero-order valence-corrected chi connectivity index (χ0v) is 27.1. The second-order valence-corrected chi connectivity index (χ2v) is 14.0. The molecule has 4 heterocycles. The van der Waals surface area contributed by atoms with Gasteiger partial charge in [-0.15, -0.1) is 11.3 Å². The third kappa shape index (κ3) is 6.49. The molecule has 0 bridgehead atoms. The fraction of sp³-hybridized carbons (Fsp3) is 0.515. The van der Waals surface area contributed by atoms with E-state index in [-0.39, 0.29) is 28.8 Å². The van der Waals surface area contributed by atoms with Crippen molar-refractivity contribution in [3.8, 4) is 0 Å². The molecular weight excluding hydrogens is 562 g/mol. The predicted molar refractivity (Wildman–Crippen MR) is 169 cm³/mol. The van der Waals surface area contributed by atoms with Gasteiger partial charge in [-0.25, -0.2) is 9.78 Å². The van der Waals surface area contributed by atoms with Gasteiger partial charge in [0.25, 0.3) is 5.56 Å². The molecule has 1 atom stereocenters. The summed E-state index contributed by atoms with van der Waals surface area (Å²) >= 11 is 1.60. The summed E-state index contributed by atoms with van der Waals surface area (Å²) in [5, 5.41) is 6.30. The number of nitrogens with one attached hydrogen (secondary N) is 2. The summed E-state index contributed by atoms with van der Waals surface area (Å²) in [6.45, 7) is 15.6. The van der Waals surface area contributed by atoms with E-state index < -0.39 is 11.6 Å². The molecule has 1 spiro atoms. The van der Waals surface area contributed by atoms with Crippen LogP contribution in [0, 0.1) is 13.8 Å². The second kappa shape index (κ2) is 11.8. The number of fused-ring (bicyclic) bond motifs is 3. The third-order valence-electron chi connectivity index (χ3n) is 8.07. The smallest absolute Gasteiger partial charge is 0.410 e. The van der Waals surface area contributed by atoms with Gasteiger partial charge in [0.2, 0.25) is 5.91 Å². The van der Waals surface area contributed by atoms with Crippen molar-refractivity contribution in [3.05, 3.63) is 78.5 Å². The van der Waals surface area contributed by atoms with E-state index in [1.165, 1.54) is 11.1 Å². The Morgan fingerprint density at radius 1 is 1.07 bits per heavy atom. The summed E-state index contributed by atoms with van der Waals surface area (Å²) in [6, 6.07) is 7.80. The highest BCUT2D eigenvalue weighted by Gasteiger charge is 2.55. The highest BCUT2D eigenvalue weighted by Crippen LogP contribution is 2.57. The summed E-state index contributed by atoms with van der Waals surface area (Å²) in [4.78, 5) is 47.9. The number of hydrogen-bond acceptors (Lipinski definition) is 7. The van der Waals surface area contributed by atoms with Crippen LogP contribution in [0.1, 0.15) is 97.6 Å². The lowest BCUT2D eigenvalue weighted by Gasteiger charge is -2.24. The molecule has 2 N–H and O–H groups in total. The second-order valence-electron chi connectivity index (χ2n) is 12.7. The molecule has 0 radical (unpaired) electrons. The van der Waals surface area contributed by atoms with Crippen LogP contribution in [0.2, 0.25) is 0 Å². The number of carbonyl (C=O) groups is 2. The van der Waals surface area contributed by atoms with Gasteiger partial charge in [-0.1, -0.05) is 43.2 Å². The number of thiophene rings is 1. The fourth-order valence-electron chi connectivity index (χ4n) is 6.10. The number of nitrogens with zero attached hydrogens (tertiary/aromatic N) is 3. The van der Waals surface area contributed by atoms with E-state index in [4.69, 9.17) is 4.74 Å². The lowest BCUT2D eigenvalue weighted by Crippen LogP contribution is -2.36. The molecule has 1 fully saturated rings. The first-order valence-electron chi connectivity index (χ1n) is 15.2. The van der Waals surface area contributed by atoms with Gasteiger partial charge in [-0.2, -0.15) is 0 Å². The highest BCUT2D eigenvalue weighted by molar-refractivity contribution is 7.12. The van der Waals surface area contributed by atoms with E-state index >= 15 is 0 Å². The van der Waals surface area contributed by atoms with E-state index in [1.807, 2.05) is 34.6 Å². The molecule has 6 rings (SSSR count). The van der Waals surface area contributed by atoms with Crippen molar-refractivity contribution in [2.45, 2.75) is 111 Å². The van der Waals surface area contributed by atoms with E-state index in [9.17, 15) is 14.4 Å². The quantitative estimate of drug-likeness (QED) is 0.352. The molecule has 1 unspecified atom stereocenters. The van der Waals surface area contributed by atoms with E-state index in [1.54, 1.807) is 27.0 Å². The van der Waals surface area contributed by atoms with E-state index in [0.29, 0.717) is 32.6 Å². The van der Waals surface area contributed by atoms with Gasteiger partial charge in [0.1, 0.15) is 11.6 Å². The van der Waals surface area contributed by atoms with Gasteiger partial charge >= 0.3 is 6.09 Å². The monoisotopic (exact) mass is 605 g/mol. The molecule has 230 valence electrons. The number of benzene rings is 1. The number of aromatic nitrogens is 2. The minimum Gasteiger partial charge on any atom is -0.444 e. The minimum atomic E-state index is -0.556. The van der Waals surface area contributed by atoms with Crippen LogP contribution >= 0.6 is 11.3 Å². The Balaban J connectivity index is 0.00000180. The molecule has 1 aliphatic carbocycles.